The van der Waals surface area contributed by atoms with Crippen molar-refractivity contribution in [3.8, 4) is 0 Å². The fourth-order valence-electron chi connectivity index (χ4n) is 1.66. The average molecular weight is 298 g/mol. The standard InChI is InChI=1S/C12H15Cl3O2/c1-7(2)9-4-10(16)8(3)11(5-9)17-12(14,15)6-13/h9H,1,4-6H2,2-3H3. The first kappa shape index (κ1) is 14.9. The van der Waals surface area contributed by atoms with Gasteiger partial charge in [-0.3, -0.25) is 4.79 Å². The molecule has 0 aromatic carbocycles. The number of allylic oxidation sites excluding steroid dienone is 3. The van der Waals surface area contributed by atoms with Crippen LogP contribution in [0.1, 0.15) is 26.7 Å². The minimum absolute atomic E-state index is 0.0398. The van der Waals surface area contributed by atoms with E-state index in [4.69, 9.17) is 39.5 Å². The Hall–Kier alpha value is -0.180. The van der Waals surface area contributed by atoms with Crippen LogP contribution in [0.5, 0.6) is 0 Å². The number of carbonyl (C=O) groups excluding carboxylic acids is 1. The summed E-state index contributed by atoms with van der Waals surface area (Å²) in [5, 5.41) is 0. The summed E-state index contributed by atoms with van der Waals surface area (Å²) in [6, 6.07) is 0. The first-order valence-electron chi connectivity index (χ1n) is 5.28. The summed E-state index contributed by atoms with van der Waals surface area (Å²) in [7, 11) is 0. The maximum atomic E-state index is 11.8. The molecule has 0 aromatic rings. The molecule has 0 saturated carbocycles. The third-order valence-electron chi connectivity index (χ3n) is 2.83. The summed E-state index contributed by atoms with van der Waals surface area (Å²) in [5.41, 5.74) is 1.52. The highest BCUT2D eigenvalue weighted by molar-refractivity contribution is 6.50. The predicted octanol–water partition coefficient (Wildman–Crippen LogP) is 4.20. The monoisotopic (exact) mass is 296 g/mol. The molecule has 0 spiro atoms. The molecule has 0 heterocycles. The predicted molar refractivity (Wildman–Crippen MR) is 71.5 cm³/mol. The molecule has 1 aliphatic carbocycles. The van der Waals surface area contributed by atoms with Crippen LogP contribution in [-0.2, 0) is 9.53 Å². The lowest BCUT2D eigenvalue weighted by atomic mass is 9.84. The molecule has 1 rings (SSSR count). The Morgan fingerprint density at radius 3 is 2.59 bits per heavy atom. The maximum Gasteiger partial charge on any atom is 0.271 e. The molecule has 0 aromatic heterocycles. The molecule has 1 aliphatic rings. The van der Waals surface area contributed by atoms with Crippen LogP contribution in [-0.4, -0.2) is 16.2 Å². The van der Waals surface area contributed by atoms with Crippen LogP contribution >= 0.6 is 34.8 Å². The van der Waals surface area contributed by atoms with E-state index in [1.54, 1.807) is 6.92 Å². The number of hydrogen-bond acceptors (Lipinski definition) is 2. The number of ketones is 1. The molecule has 0 saturated heterocycles. The van der Waals surface area contributed by atoms with Crippen LogP contribution in [0.15, 0.2) is 23.5 Å². The summed E-state index contributed by atoms with van der Waals surface area (Å²) in [6.07, 6.45) is 1.05. The normalized spacial score (nSPS) is 21.7. The Morgan fingerprint density at radius 2 is 2.12 bits per heavy atom. The van der Waals surface area contributed by atoms with Gasteiger partial charge in [0.2, 0.25) is 0 Å². The van der Waals surface area contributed by atoms with Gasteiger partial charge in [0.25, 0.3) is 4.52 Å². The number of hydrogen-bond donors (Lipinski definition) is 0. The summed E-state index contributed by atoms with van der Waals surface area (Å²) in [4.78, 5) is 11.8. The maximum absolute atomic E-state index is 11.8. The number of rotatable bonds is 4. The molecule has 17 heavy (non-hydrogen) atoms. The number of ether oxygens (including phenoxy) is 1. The number of alkyl halides is 3. The Morgan fingerprint density at radius 1 is 1.53 bits per heavy atom. The van der Waals surface area contributed by atoms with E-state index in [0.717, 1.165) is 5.57 Å². The number of halogens is 3. The van der Waals surface area contributed by atoms with Crippen LogP contribution in [0.25, 0.3) is 0 Å². The molecule has 0 N–H and O–H groups in total. The van der Waals surface area contributed by atoms with E-state index >= 15 is 0 Å². The Labute approximate surface area is 117 Å². The van der Waals surface area contributed by atoms with Gasteiger partial charge in [0, 0.05) is 18.4 Å². The zero-order chi connectivity index (χ0) is 13.2. The summed E-state index contributed by atoms with van der Waals surface area (Å²) in [6.45, 7) is 7.47. The highest BCUT2D eigenvalue weighted by atomic mass is 35.5. The number of Topliss-reactive ketones (excluding diaryl/α,β-unsaturated/α-hetero) is 1. The van der Waals surface area contributed by atoms with Gasteiger partial charge < -0.3 is 4.74 Å². The van der Waals surface area contributed by atoms with Crippen molar-refractivity contribution in [2.24, 2.45) is 5.92 Å². The summed E-state index contributed by atoms with van der Waals surface area (Å²) >= 11 is 17.3. The van der Waals surface area contributed by atoms with Crippen molar-refractivity contribution in [2.75, 3.05) is 5.88 Å². The van der Waals surface area contributed by atoms with E-state index in [2.05, 4.69) is 6.58 Å². The molecule has 0 aliphatic heterocycles. The second-order valence-corrected chi connectivity index (χ2v) is 5.98. The van der Waals surface area contributed by atoms with Gasteiger partial charge in [-0.2, -0.15) is 0 Å². The highest BCUT2D eigenvalue weighted by Crippen LogP contribution is 2.36. The SMILES string of the molecule is C=C(C)C1CC(=O)C(C)=C(OC(Cl)(Cl)CCl)C1. The van der Waals surface area contributed by atoms with Crippen molar-refractivity contribution < 1.29 is 9.53 Å². The van der Waals surface area contributed by atoms with Crippen molar-refractivity contribution in [1.29, 1.82) is 0 Å². The second-order valence-electron chi connectivity index (χ2n) is 4.30. The van der Waals surface area contributed by atoms with Crippen LogP contribution in [0, 0.1) is 5.92 Å². The molecular weight excluding hydrogens is 282 g/mol. The van der Waals surface area contributed by atoms with Gasteiger partial charge in [-0.25, -0.2) is 0 Å². The molecule has 0 bridgehead atoms. The third-order valence-corrected chi connectivity index (χ3v) is 3.90. The zero-order valence-corrected chi connectivity index (χ0v) is 12.1. The lowest BCUT2D eigenvalue weighted by Crippen LogP contribution is -2.26. The molecule has 2 nitrogen and oxygen atoms in total. The summed E-state index contributed by atoms with van der Waals surface area (Å²) in [5.74, 6) is 0.567. The average Bonchev–Trinajstić information content (AvgIpc) is 2.24. The molecule has 1 atom stereocenters. The Bertz CT molecular complexity index is 372. The van der Waals surface area contributed by atoms with Crippen molar-refractivity contribution in [1.82, 2.24) is 0 Å². The van der Waals surface area contributed by atoms with E-state index < -0.39 is 4.52 Å². The van der Waals surface area contributed by atoms with Crippen LogP contribution < -0.4 is 0 Å². The lowest BCUT2D eigenvalue weighted by molar-refractivity contribution is -0.117. The van der Waals surface area contributed by atoms with Gasteiger partial charge in [0.05, 0.1) is 5.88 Å². The van der Waals surface area contributed by atoms with Crippen molar-refractivity contribution in [2.45, 2.75) is 31.2 Å². The van der Waals surface area contributed by atoms with E-state index in [1.807, 2.05) is 6.92 Å². The Balaban J connectivity index is 2.91. The fraction of sp³-hybridized carbons (Fsp3) is 0.583. The highest BCUT2D eigenvalue weighted by Gasteiger charge is 2.32. The molecule has 0 radical (unpaired) electrons. The van der Waals surface area contributed by atoms with Crippen molar-refractivity contribution in [3.63, 3.8) is 0 Å². The smallest absolute Gasteiger partial charge is 0.271 e. The van der Waals surface area contributed by atoms with Gasteiger partial charge in [-0.05, 0) is 19.8 Å². The fourth-order valence-corrected chi connectivity index (χ4v) is 1.90. The largest absolute Gasteiger partial charge is 0.461 e. The number of carbonyl (C=O) groups is 1. The van der Waals surface area contributed by atoms with Crippen molar-refractivity contribution >= 4 is 40.6 Å². The lowest BCUT2D eigenvalue weighted by Gasteiger charge is -2.29. The van der Waals surface area contributed by atoms with Gasteiger partial charge >= 0.3 is 0 Å². The van der Waals surface area contributed by atoms with Crippen LogP contribution in [0.2, 0.25) is 0 Å². The first-order valence-corrected chi connectivity index (χ1v) is 6.57. The van der Waals surface area contributed by atoms with Crippen LogP contribution in [0.4, 0.5) is 0 Å². The van der Waals surface area contributed by atoms with Gasteiger partial charge in [-0.1, -0.05) is 35.4 Å². The van der Waals surface area contributed by atoms with Gasteiger partial charge in [0.15, 0.2) is 5.78 Å². The second kappa shape index (κ2) is 5.64. The molecule has 1 unspecified atom stereocenters. The molecule has 0 fully saturated rings. The van der Waals surface area contributed by atoms with E-state index in [-0.39, 0.29) is 17.6 Å². The van der Waals surface area contributed by atoms with E-state index in [9.17, 15) is 4.79 Å². The van der Waals surface area contributed by atoms with E-state index in [1.165, 1.54) is 0 Å². The quantitative estimate of drug-likeness (QED) is 0.574. The minimum atomic E-state index is -1.49. The van der Waals surface area contributed by atoms with Gasteiger partial charge in [0.1, 0.15) is 5.76 Å². The molecule has 0 amide bonds. The zero-order valence-electron chi connectivity index (χ0n) is 9.86. The topological polar surface area (TPSA) is 26.3 Å². The minimum Gasteiger partial charge on any atom is -0.461 e. The molecule has 5 heteroatoms. The third kappa shape index (κ3) is 3.90. The van der Waals surface area contributed by atoms with Gasteiger partial charge in [-0.15, -0.1) is 11.6 Å². The van der Waals surface area contributed by atoms with Crippen LogP contribution in [0.3, 0.4) is 0 Å². The first-order chi connectivity index (χ1) is 7.76. The Kier molecular flexibility index (Phi) is 4.94. The summed E-state index contributed by atoms with van der Waals surface area (Å²) < 4.78 is 3.92. The van der Waals surface area contributed by atoms with Crippen molar-refractivity contribution in [3.05, 3.63) is 23.5 Å². The van der Waals surface area contributed by atoms with E-state index in [0.29, 0.717) is 24.2 Å². The molecular formula is C12H15Cl3O2. The molecule has 96 valence electrons.